The SMILES string of the molecule is Nc1ccccc1.c1ccc2[nH]cnc2c1. The lowest BCUT2D eigenvalue weighted by atomic mass is 10.3. The maximum absolute atomic E-state index is 5.36. The third-order valence-electron chi connectivity index (χ3n) is 2.13. The van der Waals surface area contributed by atoms with E-state index in [9.17, 15) is 0 Å². The maximum atomic E-state index is 5.36. The second-order valence-electron chi connectivity index (χ2n) is 3.33. The molecule has 1 aromatic heterocycles. The summed E-state index contributed by atoms with van der Waals surface area (Å²) in [5.74, 6) is 0. The molecule has 80 valence electrons. The Morgan fingerprint density at radius 1 is 0.875 bits per heavy atom. The van der Waals surface area contributed by atoms with E-state index in [0.29, 0.717) is 0 Å². The van der Waals surface area contributed by atoms with Crippen molar-refractivity contribution in [1.82, 2.24) is 9.97 Å². The first-order valence-corrected chi connectivity index (χ1v) is 5.05. The molecule has 3 rings (SSSR count). The van der Waals surface area contributed by atoms with Crippen molar-refractivity contribution in [3.63, 3.8) is 0 Å². The average Bonchev–Trinajstić information content (AvgIpc) is 2.79. The van der Waals surface area contributed by atoms with Crippen LogP contribution in [0.5, 0.6) is 0 Å². The molecule has 0 bridgehead atoms. The highest BCUT2D eigenvalue weighted by Gasteiger charge is 1.88. The fourth-order valence-electron chi connectivity index (χ4n) is 1.33. The van der Waals surface area contributed by atoms with Crippen molar-refractivity contribution in [2.24, 2.45) is 0 Å². The fraction of sp³-hybridized carbons (Fsp3) is 0. The van der Waals surface area contributed by atoms with E-state index in [2.05, 4.69) is 9.97 Å². The van der Waals surface area contributed by atoms with E-state index in [0.717, 1.165) is 16.7 Å². The zero-order valence-corrected chi connectivity index (χ0v) is 8.80. The van der Waals surface area contributed by atoms with Gasteiger partial charge in [-0.2, -0.15) is 0 Å². The Balaban J connectivity index is 0.000000125. The van der Waals surface area contributed by atoms with Crippen LogP contribution in [-0.4, -0.2) is 9.97 Å². The van der Waals surface area contributed by atoms with E-state index in [-0.39, 0.29) is 0 Å². The molecule has 0 fully saturated rings. The number of hydrogen-bond acceptors (Lipinski definition) is 2. The van der Waals surface area contributed by atoms with Gasteiger partial charge in [-0.15, -0.1) is 0 Å². The molecule has 1 heterocycles. The van der Waals surface area contributed by atoms with Crippen LogP contribution >= 0.6 is 0 Å². The smallest absolute Gasteiger partial charge is 0.0931 e. The van der Waals surface area contributed by atoms with Gasteiger partial charge in [-0.25, -0.2) is 4.98 Å². The zero-order valence-electron chi connectivity index (χ0n) is 8.80. The molecule has 0 aliphatic carbocycles. The van der Waals surface area contributed by atoms with Crippen molar-refractivity contribution >= 4 is 16.7 Å². The topological polar surface area (TPSA) is 54.7 Å². The van der Waals surface area contributed by atoms with Crippen molar-refractivity contribution in [3.8, 4) is 0 Å². The number of rotatable bonds is 0. The molecule has 0 aliphatic rings. The Morgan fingerprint density at radius 3 is 2.19 bits per heavy atom. The van der Waals surface area contributed by atoms with Crippen LogP contribution in [0.3, 0.4) is 0 Å². The minimum atomic E-state index is 0.822. The summed E-state index contributed by atoms with van der Waals surface area (Å²) in [7, 11) is 0. The van der Waals surface area contributed by atoms with Gasteiger partial charge in [0.15, 0.2) is 0 Å². The van der Waals surface area contributed by atoms with E-state index < -0.39 is 0 Å². The lowest BCUT2D eigenvalue weighted by Gasteiger charge is -1.83. The van der Waals surface area contributed by atoms with Crippen molar-refractivity contribution in [3.05, 3.63) is 60.9 Å². The number of nitrogens with one attached hydrogen (secondary N) is 1. The molecular weight excluding hydrogens is 198 g/mol. The van der Waals surface area contributed by atoms with Crippen LogP contribution in [0.15, 0.2) is 60.9 Å². The standard InChI is InChI=1S/C7H6N2.C6H7N/c1-2-4-7-6(3-1)8-5-9-7;7-6-4-2-1-3-5-6/h1-5H,(H,8,9);1-5H,7H2. The summed E-state index contributed by atoms with van der Waals surface area (Å²) in [5, 5.41) is 0. The van der Waals surface area contributed by atoms with Crippen molar-refractivity contribution in [2.45, 2.75) is 0 Å². The Morgan fingerprint density at radius 2 is 1.56 bits per heavy atom. The van der Waals surface area contributed by atoms with Crippen molar-refractivity contribution in [2.75, 3.05) is 5.73 Å². The van der Waals surface area contributed by atoms with E-state index in [1.807, 2.05) is 54.6 Å². The quantitative estimate of drug-likeness (QED) is 0.562. The number of anilines is 1. The van der Waals surface area contributed by atoms with E-state index in [1.54, 1.807) is 6.33 Å². The molecule has 3 aromatic rings. The van der Waals surface area contributed by atoms with Gasteiger partial charge in [-0.3, -0.25) is 0 Å². The second-order valence-corrected chi connectivity index (χ2v) is 3.33. The number of aromatic nitrogens is 2. The molecule has 0 spiro atoms. The highest BCUT2D eigenvalue weighted by atomic mass is 14.9. The number of nitrogen functional groups attached to an aromatic ring is 1. The normalized spacial score (nSPS) is 9.50. The monoisotopic (exact) mass is 211 g/mol. The third kappa shape index (κ3) is 2.60. The van der Waals surface area contributed by atoms with Crippen LogP contribution in [0.25, 0.3) is 11.0 Å². The van der Waals surface area contributed by atoms with Gasteiger partial charge in [-0.1, -0.05) is 30.3 Å². The molecule has 0 saturated carbocycles. The van der Waals surface area contributed by atoms with Gasteiger partial charge in [0.05, 0.1) is 17.4 Å². The van der Waals surface area contributed by atoms with Gasteiger partial charge in [0.25, 0.3) is 0 Å². The van der Waals surface area contributed by atoms with Gasteiger partial charge in [0, 0.05) is 5.69 Å². The summed E-state index contributed by atoms with van der Waals surface area (Å²) in [6.45, 7) is 0. The molecule has 0 unspecified atom stereocenters. The first-order valence-electron chi connectivity index (χ1n) is 5.05. The van der Waals surface area contributed by atoms with Gasteiger partial charge in [-0.05, 0) is 24.3 Å². The van der Waals surface area contributed by atoms with Crippen LogP contribution in [0.4, 0.5) is 5.69 Å². The Labute approximate surface area is 93.9 Å². The predicted molar refractivity (Wildman–Crippen MR) is 66.9 cm³/mol. The largest absolute Gasteiger partial charge is 0.399 e. The molecule has 3 heteroatoms. The lowest BCUT2D eigenvalue weighted by Crippen LogP contribution is -1.79. The van der Waals surface area contributed by atoms with Gasteiger partial charge < -0.3 is 10.7 Å². The summed E-state index contributed by atoms with van der Waals surface area (Å²) in [6.07, 6.45) is 1.70. The van der Waals surface area contributed by atoms with Crippen molar-refractivity contribution in [1.29, 1.82) is 0 Å². The van der Waals surface area contributed by atoms with Gasteiger partial charge in [0.1, 0.15) is 0 Å². The van der Waals surface area contributed by atoms with Gasteiger partial charge in [0.2, 0.25) is 0 Å². The van der Waals surface area contributed by atoms with Crippen LogP contribution in [-0.2, 0) is 0 Å². The summed E-state index contributed by atoms with van der Waals surface area (Å²) >= 11 is 0. The number of aromatic amines is 1. The highest BCUT2D eigenvalue weighted by Crippen LogP contribution is 2.05. The molecule has 2 aromatic carbocycles. The van der Waals surface area contributed by atoms with Crippen LogP contribution in [0.1, 0.15) is 0 Å². The lowest BCUT2D eigenvalue weighted by molar-refractivity contribution is 1.34. The third-order valence-corrected chi connectivity index (χ3v) is 2.13. The van der Waals surface area contributed by atoms with Crippen LogP contribution in [0, 0.1) is 0 Å². The molecule has 0 radical (unpaired) electrons. The number of hydrogen-bond donors (Lipinski definition) is 2. The molecule has 3 nitrogen and oxygen atoms in total. The summed E-state index contributed by atoms with van der Waals surface area (Å²) in [6, 6.07) is 17.4. The minimum Gasteiger partial charge on any atom is -0.399 e. The minimum absolute atomic E-state index is 0.822. The number of imidazole rings is 1. The van der Waals surface area contributed by atoms with Crippen LogP contribution < -0.4 is 5.73 Å². The summed E-state index contributed by atoms with van der Waals surface area (Å²) in [5.41, 5.74) is 8.30. The number of nitrogens with zero attached hydrogens (tertiary/aromatic N) is 1. The van der Waals surface area contributed by atoms with E-state index in [4.69, 9.17) is 5.73 Å². The molecular formula is C13H13N3. The predicted octanol–water partition coefficient (Wildman–Crippen LogP) is 2.83. The number of para-hydroxylation sites is 3. The molecule has 3 N–H and O–H groups in total. The number of fused-ring (bicyclic) bond motifs is 1. The zero-order chi connectivity index (χ0) is 11.2. The average molecular weight is 211 g/mol. The molecule has 0 amide bonds. The molecule has 16 heavy (non-hydrogen) atoms. The van der Waals surface area contributed by atoms with E-state index >= 15 is 0 Å². The number of nitrogens with two attached hydrogens (primary N) is 1. The fourth-order valence-corrected chi connectivity index (χ4v) is 1.33. The Kier molecular flexibility index (Phi) is 3.18. The first-order chi connectivity index (χ1) is 7.86. The first kappa shape index (κ1) is 10.2. The summed E-state index contributed by atoms with van der Waals surface area (Å²) < 4.78 is 0. The second kappa shape index (κ2) is 4.98. The van der Waals surface area contributed by atoms with E-state index in [1.165, 1.54) is 0 Å². The Bertz CT molecular complexity index is 513. The molecule has 0 atom stereocenters. The Hall–Kier alpha value is -2.29. The highest BCUT2D eigenvalue weighted by molar-refractivity contribution is 5.73. The molecule has 0 aliphatic heterocycles. The van der Waals surface area contributed by atoms with Crippen molar-refractivity contribution < 1.29 is 0 Å². The number of benzene rings is 2. The number of H-pyrrole nitrogens is 1. The summed E-state index contributed by atoms with van der Waals surface area (Å²) in [4.78, 5) is 7.07. The van der Waals surface area contributed by atoms with Gasteiger partial charge >= 0.3 is 0 Å². The maximum Gasteiger partial charge on any atom is 0.0931 e. The van der Waals surface area contributed by atoms with Crippen LogP contribution in [0.2, 0.25) is 0 Å². The molecule has 0 saturated heterocycles.